The Labute approximate surface area is 230 Å². The summed E-state index contributed by atoms with van der Waals surface area (Å²) in [5.74, 6) is 2.00. The van der Waals surface area contributed by atoms with E-state index in [2.05, 4.69) is 0 Å². The Hall–Kier alpha value is -4.98. The molecule has 8 nitrogen and oxygen atoms in total. The number of fused-ring (bicyclic) bond motifs is 2. The number of rotatable bonds is 6. The van der Waals surface area contributed by atoms with Crippen LogP contribution in [0.4, 0.5) is 0 Å². The van der Waals surface area contributed by atoms with Crippen molar-refractivity contribution in [2.24, 2.45) is 0 Å². The number of furan rings is 1. The summed E-state index contributed by atoms with van der Waals surface area (Å²) in [4.78, 5) is 0. The van der Waals surface area contributed by atoms with E-state index in [1.54, 1.807) is 32.4 Å². The molecule has 2 heterocycles. The van der Waals surface area contributed by atoms with Gasteiger partial charge in [0.2, 0.25) is 0 Å². The highest BCUT2D eigenvalue weighted by atomic mass is 16.5. The zero-order valence-electron chi connectivity index (χ0n) is 22.0. The third kappa shape index (κ3) is 4.47. The van der Waals surface area contributed by atoms with E-state index >= 15 is 0 Å². The fraction of sp³-hybridized carbons (Fsp3) is 0.188. The first-order valence-corrected chi connectivity index (χ1v) is 12.8. The first-order valence-electron chi connectivity index (χ1n) is 12.8. The summed E-state index contributed by atoms with van der Waals surface area (Å²) in [7, 11) is 3.17. The topological polar surface area (TPSA) is 122 Å². The van der Waals surface area contributed by atoms with Gasteiger partial charge in [-0.05, 0) is 47.9 Å². The zero-order chi connectivity index (χ0) is 28.0. The molecule has 0 radical (unpaired) electrons. The van der Waals surface area contributed by atoms with Crippen LogP contribution in [0.2, 0.25) is 0 Å². The number of benzene rings is 4. The lowest BCUT2D eigenvalue weighted by molar-refractivity contribution is 0.258. The summed E-state index contributed by atoms with van der Waals surface area (Å²) in [6.45, 7) is 0.337. The zero-order valence-corrected chi connectivity index (χ0v) is 22.0. The van der Waals surface area contributed by atoms with Crippen LogP contribution in [0.1, 0.15) is 28.2 Å². The van der Waals surface area contributed by atoms with E-state index in [1.807, 2.05) is 30.3 Å². The Morgan fingerprint density at radius 2 is 1.57 bits per heavy atom. The molecule has 6 rings (SSSR count). The third-order valence-corrected chi connectivity index (χ3v) is 7.45. The molecule has 204 valence electrons. The minimum Gasteiger partial charge on any atom is -0.508 e. The SMILES string of the molecule is COc1ccc2c(c1)OCC(c1cc(-c3oc4cc(OC)ccc4c3Cc3ccc(O)cc3O)c(O)cc1O)C2. The minimum absolute atomic E-state index is 0.0395. The third-order valence-electron chi connectivity index (χ3n) is 7.45. The molecule has 1 aliphatic rings. The second-order valence-corrected chi connectivity index (χ2v) is 9.88. The van der Waals surface area contributed by atoms with Crippen molar-refractivity contribution in [2.45, 2.75) is 18.8 Å². The highest BCUT2D eigenvalue weighted by molar-refractivity contribution is 5.90. The van der Waals surface area contributed by atoms with Crippen molar-refractivity contribution < 1.29 is 39.1 Å². The first kappa shape index (κ1) is 25.3. The second kappa shape index (κ2) is 9.96. The van der Waals surface area contributed by atoms with Crippen LogP contribution in [0, 0.1) is 0 Å². The van der Waals surface area contributed by atoms with Gasteiger partial charge in [0.25, 0.3) is 0 Å². The monoisotopic (exact) mass is 540 g/mol. The molecule has 1 aromatic heterocycles. The Morgan fingerprint density at radius 3 is 2.35 bits per heavy atom. The van der Waals surface area contributed by atoms with E-state index in [1.165, 1.54) is 18.2 Å². The van der Waals surface area contributed by atoms with Crippen molar-refractivity contribution in [2.75, 3.05) is 20.8 Å². The molecule has 40 heavy (non-hydrogen) atoms. The molecule has 1 atom stereocenters. The Bertz CT molecular complexity index is 1740. The number of aromatic hydroxyl groups is 4. The van der Waals surface area contributed by atoms with Crippen molar-refractivity contribution in [3.05, 3.63) is 89.0 Å². The standard InChI is InChI=1S/C32H28O8/c1-37-21-6-4-18-9-19(16-39-30(18)12-21)24-14-26(29(36)15-28(24)35)32-25(10-17-3-5-20(33)11-27(17)34)23-8-7-22(38-2)13-31(23)40-32/h3-8,11-15,19,33-36H,9-10,16H2,1-2H3. The maximum Gasteiger partial charge on any atom is 0.142 e. The van der Waals surface area contributed by atoms with Gasteiger partial charge in [0.1, 0.15) is 51.6 Å². The van der Waals surface area contributed by atoms with Crippen molar-refractivity contribution in [1.29, 1.82) is 0 Å². The maximum atomic E-state index is 11.0. The van der Waals surface area contributed by atoms with Crippen molar-refractivity contribution in [1.82, 2.24) is 0 Å². The summed E-state index contributed by atoms with van der Waals surface area (Å²) in [5, 5.41) is 43.0. The van der Waals surface area contributed by atoms with Crippen LogP contribution in [0.15, 0.2) is 71.1 Å². The second-order valence-electron chi connectivity index (χ2n) is 9.88. The summed E-state index contributed by atoms with van der Waals surface area (Å²) < 4.78 is 23.0. The van der Waals surface area contributed by atoms with Crippen LogP contribution in [0.3, 0.4) is 0 Å². The minimum atomic E-state index is -0.172. The van der Waals surface area contributed by atoms with Gasteiger partial charge in [-0.15, -0.1) is 0 Å². The molecule has 0 saturated heterocycles. The van der Waals surface area contributed by atoms with Crippen LogP contribution in [0.25, 0.3) is 22.3 Å². The summed E-state index contributed by atoms with van der Waals surface area (Å²) in [5.41, 5.74) is 3.85. The van der Waals surface area contributed by atoms with E-state index in [0.717, 1.165) is 22.3 Å². The van der Waals surface area contributed by atoms with Crippen LogP contribution in [0.5, 0.6) is 40.2 Å². The van der Waals surface area contributed by atoms with Gasteiger partial charge in [-0.25, -0.2) is 0 Å². The molecule has 1 unspecified atom stereocenters. The van der Waals surface area contributed by atoms with Gasteiger partial charge in [-0.1, -0.05) is 12.1 Å². The summed E-state index contributed by atoms with van der Waals surface area (Å²) in [6, 6.07) is 18.6. The van der Waals surface area contributed by atoms with Gasteiger partial charge in [0.05, 0.1) is 26.4 Å². The quantitative estimate of drug-likeness (QED) is 0.199. The molecule has 0 amide bonds. The van der Waals surface area contributed by atoms with Crippen LogP contribution in [-0.4, -0.2) is 41.3 Å². The molecule has 4 N–H and O–H groups in total. The Kier molecular flexibility index (Phi) is 6.30. The molecule has 0 aliphatic carbocycles. The molecule has 8 heteroatoms. The van der Waals surface area contributed by atoms with Gasteiger partial charge in [0.15, 0.2) is 0 Å². The molecule has 0 fully saturated rings. The fourth-order valence-electron chi connectivity index (χ4n) is 5.32. The number of ether oxygens (including phenoxy) is 3. The average molecular weight is 541 g/mol. The predicted molar refractivity (Wildman–Crippen MR) is 149 cm³/mol. The smallest absolute Gasteiger partial charge is 0.142 e. The highest BCUT2D eigenvalue weighted by Gasteiger charge is 2.28. The van der Waals surface area contributed by atoms with E-state index in [9.17, 15) is 20.4 Å². The molecule has 0 bridgehead atoms. The molecule has 4 aromatic carbocycles. The van der Waals surface area contributed by atoms with Gasteiger partial charge in [0, 0.05) is 53.1 Å². The number of phenolic OH excluding ortho intramolecular Hbond substituents is 4. The lowest BCUT2D eigenvalue weighted by Crippen LogP contribution is -2.19. The average Bonchev–Trinajstić information content (AvgIpc) is 3.31. The molecular weight excluding hydrogens is 512 g/mol. The van der Waals surface area contributed by atoms with Crippen molar-refractivity contribution in [3.63, 3.8) is 0 Å². The largest absolute Gasteiger partial charge is 0.508 e. The van der Waals surface area contributed by atoms with Gasteiger partial charge < -0.3 is 39.1 Å². The number of hydrogen-bond acceptors (Lipinski definition) is 8. The first-order chi connectivity index (χ1) is 19.3. The number of hydrogen-bond donors (Lipinski definition) is 4. The summed E-state index contributed by atoms with van der Waals surface area (Å²) in [6.07, 6.45) is 0.890. The summed E-state index contributed by atoms with van der Waals surface area (Å²) >= 11 is 0. The van der Waals surface area contributed by atoms with E-state index in [0.29, 0.717) is 52.6 Å². The van der Waals surface area contributed by atoms with Gasteiger partial charge in [-0.3, -0.25) is 0 Å². The van der Waals surface area contributed by atoms with E-state index in [-0.39, 0.29) is 35.3 Å². The lowest BCUT2D eigenvalue weighted by atomic mass is 9.87. The molecule has 0 spiro atoms. The predicted octanol–water partition coefficient (Wildman–Crippen LogP) is 6.25. The normalized spacial score (nSPS) is 14.5. The number of phenols is 4. The van der Waals surface area contributed by atoms with Gasteiger partial charge >= 0.3 is 0 Å². The molecule has 0 saturated carbocycles. The van der Waals surface area contributed by atoms with Crippen molar-refractivity contribution >= 4 is 11.0 Å². The Morgan fingerprint density at radius 1 is 0.800 bits per heavy atom. The molecule has 1 aliphatic heterocycles. The number of methoxy groups -OCH3 is 2. The van der Waals surface area contributed by atoms with Crippen LogP contribution in [-0.2, 0) is 12.8 Å². The Balaban J connectivity index is 1.46. The maximum absolute atomic E-state index is 11.0. The van der Waals surface area contributed by atoms with Crippen molar-refractivity contribution in [3.8, 4) is 51.6 Å². The van der Waals surface area contributed by atoms with E-state index in [4.69, 9.17) is 18.6 Å². The van der Waals surface area contributed by atoms with Crippen LogP contribution >= 0.6 is 0 Å². The fourth-order valence-corrected chi connectivity index (χ4v) is 5.32. The van der Waals surface area contributed by atoms with Gasteiger partial charge in [-0.2, -0.15) is 0 Å². The lowest BCUT2D eigenvalue weighted by Gasteiger charge is -2.27. The van der Waals surface area contributed by atoms with E-state index < -0.39 is 0 Å². The molecular formula is C32H28O8. The molecule has 5 aromatic rings. The van der Waals surface area contributed by atoms with Crippen LogP contribution < -0.4 is 14.2 Å². The highest BCUT2D eigenvalue weighted by Crippen LogP contribution is 2.46.